The van der Waals surface area contributed by atoms with E-state index in [-0.39, 0.29) is 5.91 Å². The first kappa shape index (κ1) is 18.3. The zero-order valence-electron chi connectivity index (χ0n) is 16.3. The minimum Gasteiger partial charge on any atom is -0.397 e. The van der Waals surface area contributed by atoms with E-state index in [2.05, 4.69) is 30.4 Å². The molecule has 0 aliphatic carbocycles. The molecule has 0 unspecified atom stereocenters. The lowest BCUT2D eigenvalue weighted by molar-refractivity contribution is 0.102. The van der Waals surface area contributed by atoms with Crippen molar-refractivity contribution in [2.45, 2.75) is 13.0 Å². The number of H-pyrrole nitrogens is 1. The summed E-state index contributed by atoms with van der Waals surface area (Å²) in [5.74, 6) is -0.290. The predicted octanol–water partition coefficient (Wildman–Crippen LogP) is 3.06. The highest BCUT2D eigenvalue weighted by Crippen LogP contribution is 2.26. The summed E-state index contributed by atoms with van der Waals surface area (Å²) < 4.78 is 0. The molecule has 5 rings (SSSR count). The highest BCUT2D eigenvalue weighted by molar-refractivity contribution is 6.11. The van der Waals surface area contributed by atoms with Crippen molar-refractivity contribution in [3.8, 4) is 11.1 Å². The SMILES string of the molecule is Nc1cncc(-c2ccc3[nH]nc(C(=O)Nc4ccc(CN5CCC5)nc4)c3c2)c1. The largest absolute Gasteiger partial charge is 0.397 e. The Kier molecular flexibility index (Phi) is 4.61. The molecule has 0 spiro atoms. The number of nitrogens with one attached hydrogen (secondary N) is 2. The van der Waals surface area contributed by atoms with Gasteiger partial charge in [0, 0.05) is 29.9 Å². The van der Waals surface area contributed by atoms with Gasteiger partial charge in [-0.3, -0.25) is 24.8 Å². The fourth-order valence-electron chi connectivity index (χ4n) is 3.53. The second-order valence-corrected chi connectivity index (χ2v) is 7.46. The quantitative estimate of drug-likeness (QED) is 0.475. The second-order valence-electron chi connectivity index (χ2n) is 7.46. The van der Waals surface area contributed by atoms with E-state index in [4.69, 9.17) is 5.73 Å². The van der Waals surface area contributed by atoms with Gasteiger partial charge in [-0.05, 0) is 55.4 Å². The Morgan fingerprint density at radius 1 is 1.10 bits per heavy atom. The number of carbonyl (C=O) groups is 1. The Bertz CT molecular complexity index is 1210. The number of hydrogen-bond donors (Lipinski definition) is 3. The number of amides is 1. The van der Waals surface area contributed by atoms with Crippen LogP contribution in [0.4, 0.5) is 11.4 Å². The van der Waals surface area contributed by atoms with E-state index >= 15 is 0 Å². The van der Waals surface area contributed by atoms with Crippen LogP contribution in [0.5, 0.6) is 0 Å². The highest BCUT2D eigenvalue weighted by atomic mass is 16.1. The normalized spacial score (nSPS) is 13.9. The number of hydrogen-bond acceptors (Lipinski definition) is 6. The van der Waals surface area contributed by atoms with Crippen LogP contribution in [0.15, 0.2) is 55.0 Å². The lowest BCUT2D eigenvalue weighted by Crippen LogP contribution is -2.36. The van der Waals surface area contributed by atoms with Crippen molar-refractivity contribution in [2.75, 3.05) is 24.1 Å². The second kappa shape index (κ2) is 7.57. The van der Waals surface area contributed by atoms with Crippen molar-refractivity contribution in [2.24, 2.45) is 0 Å². The molecule has 4 heterocycles. The third-order valence-electron chi connectivity index (χ3n) is 5.29. The van der Waals surface area contributed by atoms with Crippen LogP contribution in [-0.4, -0.2) is 44.1 Å². The summed E-state index contributed by atoms with van der Waals surface area (Å²) >= 11 is 0. The van der Waals surface area contributed by atoms with Crippen LogP contribution in [-0.2, 0) is 6.54 Å². The number of anilines is 2. The van der Waals surface area contributed by atoms with E-state index < -0.39 is 0 Å². The number of nitrogens with zero attached hydrogens (tertiary/aromatic N) is 4. The number of rotatable bonds is 5. The number of likely N-dealkylation sites (tertiary alicyclic amines) is 1. The van der Waals surface area contributed by atoms with Crippen molar-refractivity contribution < 1.29 is 4.79 Å². The van der Waals surface area contributed by atoms with Gasteiger partial charge in [0.05, 0.1) is 28.8 Å². The maximum absolute atomic E-state index is 12.8. The molecular weight excluding hydrogens is 378 g/mol. The van der Waals surface area contributed by atoms with Gasteiger partial charge in [-0.25, -0.2) is 0 Å². The van der Waals surface area contributed by atoms with E-state index in [1.54, 1.807) is 18.6 Å². The molecule has 150 valence electrons. The van der Waals surface area contributed by atoms with Crippen molar-refractivity contribution in [1.29, 1.82) is 0 Å². The molecule has 8 nitrogen and oxygen atoms in total. The van der Waals surface area contributed by atoms with E-state index in [9.17, 15) is 4.79 Å². The van der Waals surface area contributed by atoms with Crippen LogP contribution in [0, 0.1) is 0 Å². The number of pyridine rings is 2. The Morgan fingerprint density at radius 3 is 2.73 bits per heavy atom. The zero-order valence-corrected chi connectivity index (χ0v) is 16.3. The molecule has 0 atom stereocenters. The summed E-state index contributed by atoms with van der Waals surface area (Å²) in [4.78, 5) is 23.8. The molecule has 1 fully saturated rings. The molecule has 0 radical (unpaired) electrons. The molecule has 8 heteroatoms. The van der Waals surface area contributed by atoms with Crippen LogP contribution in [0.3, 0.4) is 0 Å². The molecule has 1 saturated heterocycles. The number of benzene rings is 1. The number of aromatic nitrogens is 4. The molecule has 4 N–H and O–H groups in total. The monoisotopic (exact) mass is 399 g/mol. The number of carbonyl (C=O) groups excluding carboxylic acids is 1. The molecule has 4 aromatic rings. The zero-order chi connectivity index (χ0) is 20.5. The molecule has 1 aliphatic rings. The first-order valence-corrected chi connectivity index (χ1v) is 9.83. The van der Waals surface area contributed by atoms with Crippen molar-refractivity contribution in [3.05, 3.63) is 66.4 Å². The van der Waals surface area contributed by atoms with Crippen LogP contribution >= 0.6 is 0 Å². The van der Waals surface area contributed by atoms with Crippen LogP contribution < -0.4 is 11.1 Å². The van der Waals surface area contributed by atoms with Gasteiger partial charge in [0.25, 0.3) is 5.91 Å². The average molecular weight is 399 g/mol. The Labute approximate surface area is 173 Å². The van der Waals surface area contributed by atoms with Gasteiger partial charge in [0.15, 0.2) is 5.69 Å². The van der Waals surface area contributed by atoms with E-state index in [1.165, 1.54) is 6.42 Å². The van der Waals surface area contributed by atoms with Gasteiger partial charge in [0.1, 0.15) is 0 Å². The topological polar surface area (TPSA) is 113 Å². The number of nitrogen functional groups attached to an aromatic ring is 1. The summed E-state index contributed by atoms with van der Waals surface area (Å²) in [7, 11) is 0. The Morgan fingerprint density at radius 2 is 2.00 bits per heavy atom. The van der Waals surface area contributed by atoms with Gasteiger partial charge in [-0.15, -0.1) is 0 Å². The predicted molar refractivity (Wildman–Crippen MR) is 116 cm³/mol. The molecule has 30 heavy (non-hydrogen) atoms. The van der Waals surface area contributed by atoms with Crippen LogP contribution in [0.2, 0.25) is 0 Å². The Hall–Kier alpha value is -3.78. The highest BCUT2D eigenvalue weighted by Gasteiger charge is 2.17. The lowest BCUT2D eigenvalue weighted by atomic mass is 10.0. The first-order valence-electron chi connectivity index (χ1n) is 9.83. The standard InChI is InChI=1S/C22H21N7O/c23-16-8-15(10-24-11-16)14-2-5-20-19(9-14)21(28-27-20)22(30)26-17-3-4-18(25-12-17)13-29-6-1-7-29/h2-5,8-12H,1,6-7,13,23H2,(H,26,30)(H,27,28). The van der Waals surface area contributed by atoms with E-state index in [0.717, 1.165) is 47.4 Å². The fourth-order valence-corrected chi connectivity index (χ4v) is 3.53. The third-order valence-corrected chi connectivity index (χ3v) is 5.29. The number of aromatic amines is 1. The number of fused-ring (bicyclic) bond motifs is 1. The van der Waals surface area contributed by atoms with E-state index in [1.807, 2.05) is 36.4 Å². The smallest absolute Gasteiger partial charge is 0.276 e. The maximum atomic E-state index is 12.8. The van der Waals surface area contributed by atoms with Gasteiger partial charge in [0.2, 0.25) is 0 Å². The summed E-state index contributed by atoms with van der Waals surface area (Å²) in [5.41, 5.74) is 11.0. The summed E-state index contributed by atoms with van der Waals surface area (Å²) in [5, 5.41) is 10.7. The third kappa shape index (κ3) is 3.60. The molecule has 1 aromatic carbocycles. The van der Waals surface area contributed by atoms with Gasteiger partial charge < -0.3 is 11.1 Å². The minimum absolute atomic E-state index is 0.290. The minimum atomic E-state index is -0.290. The summed E-state index contributed by atoms with van der Waals surface area (Å²) in [6.45, 7) is 3.10. The van der Waals surface area contributed by atoms with Gasteiger partial charge in [-0.1, -0.05) is 6.07 Å². The van der Waals surface area contributed by atoms with Gasteiger partial charge in [-0.2, -0.15) is 5.10 Å². The first-order chi connectivity index (χ1) is 14.7. The summed E-state index contributed by atoms with van der Waals surface area (Å²) in [6.07, 6.45) is 6.28. The fraction of sp³-hybridized carbons (Fsp3) is 0.182. The lowest BCUT2D eigenvalue weighted by Gasteiger charge is -2.30. The van der Waals surface area contributed by atoms with E-state index in [0.29, 0.717) is 17.1 Å². The van der Waals surface area contributed by atoms with Crippen LogP contribution in [0.25, 0.3) is 22.0 Å². The van der Waals surface area contributed by atoms with Crippen LogP contribution in [0.1, 0.15) is 22.6 Å². The van der Waals surface area contributed by atoms with Crippen molar-refractivity contribution in [1.82, 2.24) is 25.1 Å². The molecule has 1 aliphatic heterocycles. The molecule has 0 saturated carbocycles. The Balaban J connectivity index is 1.37. The average Bonchev–Trinajstić information content (AvgIpc) is 3.15. The maximum Gasteiger partial charge on any atom is 0.276 e. The molecular formula is C22H21N7O. The molecule has 3 aromatic heterocycles. The number of nitrogens with two attached hydrogens (primary N) is 1. The van der Waals surface area contributed by atoms with Crippen molar-refractivity contribution in [3.63, 3.8) is 0 Å². The molecule has 0 bridgehead atoms. The summed E-state index contributed by atoms with van der Waals surface area (Å²) in [6, 6.07) is 11.4. The van der Waals surface area contributed by atoms with Crippen molar-refractivity contribution >= 4 is 28.2 Å². The van der Waals surface area contributed by atoms with Gasteiger partial charge >= 0.3 is 0 Å². The molecule has 1 amide bonds.